The lowest BCUT2D eigenvalue weighted by Gasteiger charge is -2.30. The van der Waals surface area contributed by atoms with E-state index in [0.29, 0.717) is 12.0 Å². The summed E-state index contributed by atoms with van der Waals surface area (Å²) in [6.07, 6.45) is 7.07. The Labute approximate surface area is 166 Å². The molecule has 1 atom stereocenters. The molecule has 0 heterocycles. The number of hydrogen-bond donors (Lipinski definition) is 2. The number of rotatable bonds is 12. The third-order valence-electron chi connectivity index (χ3n) is 4.10. The molecule has 1 unspecified atom stereocenters. The van der Waals surface area contributed by atoms with Crippen molar-refractivity contribution in [3.8, 4) is 0 Å². The van der Waals surface area contributed by atoms with Gasteiger partial charge in [-0.3, -0.25) is 4.99 Å². The number of nitrogens with zero attached hydrogens (tertiary/aromatic N) is 2. The third-order valence-corrected chi connectivity index (χ3v) is 4.80. The van der Waals surface area contributed by atoms with E-state index in [1.807, 2.05) is 11.8 Å². The van der Waals surface area contributed by atoms with Gasteiger partial charge in [0.2, 0.25) is 0 Å². The molecule has 140 valence electrons. The smallest absolute Gasteiger partial charge is 0.191 e. The topological polar surface area (TPSA) is 39.7 Å². The molecule has 0 rings (SSSR count). The van der Waals surface area contributed by atoms with Crippen LogP contribution in [0, 0.1) is 5.92 Å². The minimum atomic E-state index is 0. The molecule has 0 aliphatic rings. The minimum absolute atomic E-state index is 0. The first-order valence-electron chi connectivity index (χ1n) is 8.78. The molecule has 6 heteroatoms. The van der Waals surface area contributed by atoms with Gasteiger partial charge < -0.3 is 15.5 Å². The standard InChI is InChI=1S/C17H38N4S.HI/c1-7-15(8-2)16(21(4)5)14-20-17(18-9-3)19-12-10-11-13-22-6;/h15-16H,7-14H2,1-6H3,(H2,18,19,20);1H. The molecule has 23 heavy (non-hydrogen) atoms. The second-order valence-electron chi connectivity index (χ2n) is 5.95. The summed E-state index contributed by atoms with van der Waals surface area (Å²) in [7, 11) is 4.34. The van der Waals surface area contributed by atoms with Crippen LogP contribution < -0.4 is 10.6 Å². The Morgan fingerprint density at radius 2 is 1.74 bits per heavy atom. The van der Waals surface area contributed by atoms with Crippen molar-refractivity contribution in [3.63, 3.8) is 0 Å². The van der Waals surface area contributed by atoms with Gasteiger partial charge in [-0.05, 0) is 51.8 Å². The second kappa shape index (κ2) is 17.1. The molecule has 0 amide bonds. The molecule has 0 aromatic heterocycles. The molecule has 0 saturated heterocycles. The summed E-state index contributed by atoms with van der Waals surface area (Å²) < 4.78 is 0. The summed E-state index contributed by atoms with van der Waals surface area (Å²) >= 11 is 1.92. The largest absolute Gasteiger partial charge is 0.357 e. The van der Waals surface area contributed by atoms with Gasteiger partial charge in [0, 0.05) is 19.1 Å². The molecule has 4 nitrogen and oxygen atoms in total. The van der Waals surface area contributed by atoms with E-state index in [-0.39, 0.29) is 24.0 Å². The Balaban J connectivity index is 0. The molecule has 0 aromatic rings. The Bertz CT molecular complexity index is 284. The summed E-state index contributed by atoms with van der Waals surface area (Å²) in [5, 5.41) is 6.82. The highest BCUT2D eigenvalue weighted by molar-refractivity contribution is 14.0. The van der Waals surface area contributed by atoms with Crippen molar-refractivity contribution in [1.29, 1.82) is 0 Å². The van der Waals surface area contributed by atoms with Gasteiger partial charge in [-0.1, -0.05) is 26.7 Å². The zero-order chi connectivity index (χ0) is 16.8. The van der Waals surface area contributed by atoms with E-state index in [9.17, 15) is 0 Å². The van der Waals surface area contributed by atoms with Gasteiger partial charge in [0.1, 0.15) is 0 Å². The van der Waals surface area contributed by atoms with Crippen LogP contribution >= 0.6 is 35.7 Å². The van der Waals surface area contributed by atoms with Gasteiger partial charge in [0.25, 0.3) is 0 Å². The quantitative estimate of drug-likeness (QED) is 0.203. The van der Waals surface area contributed by atoms with E-state index in [1.54, 1.807) is 0 Å². The molecule has 0 aliphatic heterocycles. The van der Waals surface area contributed by atoms with Crippen LogP contribution in [0.4, 0.5) is 0 Å². The second-order valence-corrected chi connectivity index (χ2v) is 6.94. The number of unbranched alkanes of at least 4 members (excludes halogenated alkanes) is 1. The predicted molar refractivity (Wildman–Crippen MR) is 119 cm³/mol. The van der Waals surface area contributed by atoms with Crippen LogP contribution in [0.15, 0.2) is 4.99 Å². The number of guanidine groups is 1. The number of nitrogens with one attached hydrogen (secondary N) is 2. The zero-order valence-electron chi connectivity index (χ0n) is 16.0. The van der Waals surface area contributed by atoms with Crippen LogP contribution in [0.2, 0.25) is 0 Å². The average Bonchev–Trinajstić information content (AvgIpc) is 2.50. The summed E-state index contributed by atoms with van der Waals surface area (Å²) in [5.41, 5.74) is 0. The van der Waals surface area contributed by atoms with Crippen molar-refractivity contribution in [2.45, 2.75) is 52.5 Å². The molecule has 0 fully saturated rings. The third kappa shape index (κ3) is 12.3. The van der Waals surface area contributed by atoms with Gasteiger partial charge in [-0.15, -0.1) is 24.0 Å². The molecule has 0 saturated carbocycles. The molecular formula is C17H39IN4S. The first-order chi connectivity index (χ1) is 10.6. The van der Waals surface area contributed by atoms with E-state index in [4.69, 9.17) is 4.99 Å². The van der Waals surface area contributed by atoms with E-state index in [0.717, 1.165) is 25.6 Å². The molecule has 0 spiro atoms. The first kappa shape index (κ1) is 25.5. The number of aliphatic imine (C=N–C) groups is 1. The molecule has 0 radical (unpaired) electrons. The summed E-state index contributed by atoms with van der Waals surface area (Å²) in [6.45, 7) is 9.46. The molecule has 0 bridgehead atoms. The van der Waals surface area contributed by atoms with Crippen LogP contribution in [0.25, 0.3) is 0 Å². The van der Waals surface area contributed by atoms with Gasteiger partial charge in [-0.2, -0.15) is 11.8 Å². The minimum Gasteiger partial charge on any atom is -0.357 e. The first-order valence-corrected chi connectivity index (χ1v) is 10.2. The molecule has 0 aromatic carbocycles. The van der Waals surface area contributed by atoms with Gasteiger partial charge in [0.15, 0.2) is 5.96 Å². The van der Waals surface area contributed by atoms with Gasteiger partial charge in [-0.25, -0.2) is 0 Å². The Hall–Kier alpha value is 0.310. The number of hydrogen-bond acceptors (Lipinski definition) is 3. The van der Waals surface area contributed by atoms with Crippen LogP contribution in [0.1, 0.15) is 46.5 Å². The highest BCUT2D eigenvalue weighted by Gasteiger charge is 2.20. The fourth-order valence-electron chi connectivity index (χ4n) is 2.67. The van der Waals surface area contributed by atoms with Crippen LogP contribution in [0.3, 0.4) is 0 Å². The Morgan fingerprint density at radius 3 is 2.22 bits per heavy atom. The molecule has 0 aliphatic carbocycles. The van der Waals surface area contributed by atoms with Gasteiger partial charge in [0.05, 0.1) is 6.54 Å². The van der Waals surface area contributed by atoms with Crippen molar-refractivity contribution in [1.82, 2.24) is 15.5 Å². The average molecular weight is 458 g/mol. The van der Waals surface area contributed by atoms with Crippen molar-refractivity contribution in [3.05, 3.63) is 0 Å². The van der Waals surface area contributed by atoms with E-state index >= 15 is 0 Å². The lowest BCUT2D eigenvalue weighted by molar-refractivity contribution is 0.206. The summed E-state index contributed by atoms with van der Waals surface area (Å²) in [6, 6.07) is 0.516. The normalized spacial score (nSPS) is 13.1. The van der Waals surface area contributed by atoms with Crippen molar-refractivity contribution >= 4 is 41.7 Å². The van der Waals surface area contributed by atoms with E-state index in [2.05, 4.69) is 56.7 Å². The Kier molecular flexibility index (Phi) is 19.0. The van der Waals surface area contributed by atoms with Crippen LogP contribution in [0.5, 0.6) is 0 Å². The van der Waals surface area contributed by atoms with E-state index < -0.39 is 0 Å². The Morgan fingerprint density at radius 1 is 1.09 bits per heavy atom. The number of halogens is 1. The fraction of sp³-hybridized carbons (Fsp3) is 0.941. The number of likely N-dealkylation sites (N-methyl/N-ethyl adjacent to an activating group) is 1. The number of thioether (sulfide) groups is 1. The summed E-state index contributed by atoms with van der Waals surface area (Å²) in [5.74, 6) is 2.92. The van der Waals surface area contributed by atoms with Crippen LogP contribution in [-0.4, -0.2) is 62.6 Å². The maximum atomic E-state index is 4.82. The highest BCUT2D eigenvalue weighted by Crippen LogP contribution is 2.17. The maximum Gasteiger partial charge on any atom is 0.191 e. The molecular weight excluding hydrogens is 419 g/mol. The fourth-order valence-corrected chi connectivity index (χ4v) is 3.16. The maximum absolute atomic E-state index is 4.82. The van der Waals surface area contributed by atoms with E-state index in [1.165, 1.54) is 31.4 Å². The van der Waals surface area contributed by atoms with Crippen LogP contribution in [-0.2, 0) is 0 Å². The van der Waals surface area contributed by atoms with Crippen molar-refractivity contribution < 1.29 is 0 Å². The highest BCUT2D eigenvalue weighted by atomic mass is 127. The SMILES string of the molecule is CCNC(=NCC(C(CC)CC)N(C)C)NCCCCSC.I. The zero-order valence-corrected chi connectivity index (χ0v) is 19.2. The lowest BCUT2D eigenvalue weighted by atomic mass is 9.93. The predicted octanol–water partition coefficient (Wildman–Crippen LogP) is 3.67. The lowest BCUT2D eigenvalue weighted by Crippen LogP contribution is -2.41. The van der Waals surface area contributed by atoms with Crippen molar-refractivity contribution in [2.24, 2.45) is 10.9 Å². The monoisotopic (exact) mass is 458 g/mol. The molecule has 2 N–H and O–H groups in total. The van der Waals surface area contributed by atoms with Crippen molar-refractivity contribution in [2.75, 3.05) is 45.7 Å². The summed E-state index contributed by atoms with van der Waals surface area (Å²) in [4.78, 5) is 7.14. The van der Waals surface area contributed by atoms with Gasteiger partial charge >= 0.3 is 0 Å².